The molecule has 0 aliphatic heterocycles. The fraction of sp³-hybridized carbons (Fsp3) is 0.100. The van der Waals surface area contributed by atoms with Crippen molar-refractivity contribution in [3.63, 3.8) is 0 Å². The Bertz CT molecular complexity index is 714. The van der Waals surface area contributed by atoms with Crippen LogP contribution in [0.2, 0.25) is 5.02 Å². The van der Waals surface area contributed by atoms with Crippen molar-refractivity contribution in [2.45, 2.75) is 11.2 Å². The predicted molar refractivity (Wildman–Crippen MR) is 65.9 cm³/mol. The van der Waals surface area contributed by atoms with Crippen molar-refractivity contribution >= 4 is 27.3 Å². The van der Waals surface area contributed by atoms with Gasteiger partial charge in [-0.1, -0.05) is 11.6 Å². The third kappa shape index (κ3) is 3.05. The zero-order chi connectivity index (χ0) is 15.0. The van der Waals surface area contributed by atoms with E-state index < -0.39 is 27.5 Å². The van der Waals surface area contributed by atoms with E-state index >= 15 is 0 Å². The lowest BCUT2D eigenvalue weighted by molar-refractivity contribution is -0.136. The fourth-order valence-corrected chi connectivity index (χ4v) is 2.59. The Morgan fingerprint density at radius 1 is 1.30 bits per heavy atom. The van der Waals surface area contributed by atoms with Crippen LogP contribution in [0.25, 0.3) is 0 Å². The molecule has 0 amide bonds. The van der Waals surface area contributed by atoms with E-state index in [0.717, 1.165) is 24.7 Å². The number of benzene rings is 1. The lowest BCUT2D eigenvalue weighted by Crippen LogP contribution is -2.17. The zero-order valence-electron chi connectivity index (χ0n) is 9.57. The maximum absolute atomic E-state index is 12.8. The van der Waals surface area contributed by atoms with Crippen LogP contribution in [0.15, 0.2) is 35.7 Å². The summed E-state index contributed by atoms with van der Waals surface area (Å²) in [6.07, 6.45) is -2.66. The van der Waals surface area contributed by atoms with Crippen LogP contribution < -0.4 is 4.72 Å². The lowest BCUT2D eigenvalue weighted by Gasteiger charge is -2.14. The second kappa shape index (κ2) is 4.98. The van der Waals surface area contributed by atoms with Crippen LogP contribution in [0.1, 0.15) is 5.56 Å². The molecule has 1 aromatic carbocycles. The third-order valence-electron chi connectivity index (χ3n) is 2.29. The average molecular weight is 326 g/mol. The van der Waals surface area contributed by atoms with E-state index in [1.54, 1.807) is 0 Å². The summed E-state index contributed by atoms with van der Waals surface area (Å²) in [6.45, 7) is 0. The van der Waals surface area contributed by atoms with Gasteiger partial charge in [-0.15, -0.1) is 0 Å². The standard InChI is InChI=1S/C10H7ClF3N3O2S/c11-6-1-2-8(7(3-6)10(12,13)14)17-20(18,19)9-4-15-5-16-9/h1-5,17H,(H,15,16). The second-order valence-corrected chi connectivity index (χ2v) is 5.80. The van der Waals surface area contributed by atoms with Gasteiger partial charge < -0.3 is 4.98 Å². The second-order valence-electron chi connectivity index (χ2n) is 3.71. The molecule has 0 saturated carbocycles. The monoisotopic (exact) mass is 325 g/mol. The van der Waals surface area contributed by atoms with Crippen molar-refractivity contribution in [3.05, 3.63) is 41.3 Å². The molecule has 5 nitrogen and oxygen atoms in total. The first-order chi connectivity index (χ1) is 9.20. The molecule has 1 heterocycles. The normalized spacial score (nSPS) is 12.4. The number of imidazole rings is 1. The van der Waals surface area contributed by atoms with Gasteiger partial charge in [0.15, 0.2) is 5.03 Å². The van der Waals surface area contributed by atoms with Crippen molar-refractivity contribution in [1.82, 2.24) is 9.97 Å². The number of aromatic amines is 1. The molecule has 0 radical (unpaired) electrons. The molecular formula is C10H7ClF3N3O2S. The molecule has 1 aromatic heterocycles. The third-order valence-corrected chi connectivity index (χ3v) is 3.82. The van der Waals surface area contributed by atoms with Crippen LogP contribution in [0.4, 0.5) is 18.9 Å². The van der Waals surface area contributed by atoms with Crippen LogP contribution in [-0.2, 0) is 16.2 Å². The smallest absolute Gasteiger partial charge is 0.334 e. The molecule has 0 fully saturated rings. The van der Waals surface area contributed by atoms with Gasteiger partial charge in [0.05, 0.1) is 23.8 Å². The van der Waals surface area contributed by atoms with E-state index in [0.29, 0.717) is 6.07 Å². The zero-order valence-corrected chi connectivity index (χ0v) is 11.1. The Morgan fingerprint density at radius 3 is 2.55 bits per heavy atom. The van der Waals surface area contributed by atoms with E-state index in [1.165, 1.54) is 0 Å². The summed E-state index contributed by atoms with van der Waals surface area (Å²) in [6, 6.07) is 2.74. The Balaban J connectivity index is 2.45. The minimum atomic E-state index is -4.74. The molecule has 0 aliphatic rings. The number of sulfonamides is 1. The van der Waals surface area contributed by atoms with Crippen molar-refractivity contribution in [2.75, 3.05) is 4.72 Å². The highest BCUT2D eigenvalue weighted by atomic mass is 35.5. The molecule has 0 aliphatic carbocycles. The Kier molecular flexibility index (Phi) is 3.65. The van der Waals surface area contributed by atoms with Crippen LogP contribution in [-0.4, -0.2) is 18.4 Å². The van der Waals surface area contributed by atoms with Gasteiger partial charge in [0.1, 0.15) is 0 Å². The summed E-state index contributed by atoms with van der Waals surface area (Å²) in [5, 5.41) is -0.498. The molecule has 10 heteroatoms. The van der Waals surface area contributed by atoms with Gasteiger partial charge in [-0.2, -0.15) is 21.6 Å². The first-order valence-electron chi connectivity index (χ1n) is 5.08. The Morgan fingerprint density at radius 2 is 2.00 bits per heavy atom. The van der Waals surface area contributed by atoms with Gasteiger partial charge in [-0.05, 0) is 18.2 Å². The summed E-state index contributed by atoms with van der Waals surface area (Å²) in [7, 11) is -4.18. The highest BCUT2D eigenvalue weighted by Crippen LogP contribution is 2.37. The lowest BCUT2D eigenvalue weighted by atomic mass is 10.2. The summed E-state index contributed by atoms with van der Waals surface area (Å²) in [4.78, 5) is 5.80. The Hall–Kier alpha value is -1.74. The number of hydrogen-bond donors (Lipinski definition) is 2. The number of alkyl halides is 3. The molecule has 2 N–H and O–H groups in total. The molecular weight excluding hydrogens is 319 g/mol. The number of nitrogens with one attached hydrogen (secondary N) is 2. The van der Waals surface area contributed by atoms with Gasteiger partial charge >= 0.3 is 6.18 Å². The number of halogens is 4. The molecule has 2 aromatic rings. The number of H-pyrrole nitrogens is 1. The summed E-state index contributed by atoms with van der Waals surface area (Å²) < 4.78 is 64.0. The molecule has 20 heavy (non-hydrogen) atoms. The molecule has 108 valence electrons. The SMILES string of the molecule is O=S(=O)(Nc1ccc(Cl)cc1C(F)(F)F)c1cnc[nH]1. The summed E-state index contributed by atoms with van der Waals surface area (Å²) in [5.41, 5.74) is -1.79. The van der Waals surface area contributed by atoms with E-state index in [1.807, 2.05) is 4.72 Å². The number of hydrogen-bond acceptors (Lipinski definition) is 3. The minimum Gasteiger partial charge on any atom is -0.334 e. The number of rotatable bonds is 3. The predicted octanol–water partition coefficient (Wildman–Crippen LogP) is 2.88. The fourth-order valence-electron chi connectivity index (χ4n) is 1.43. The first-order valence-corrected chi connectivity index (χ1v) is 6.94. The maximum atomic E-state index is 12.8. The average Bonchev–Trinajstić information content (AvgIpc) is 2.84. The number of aromatic nitrogens is 2. The van der Waals surface area contributed by atoms with Crippen molar-refractivity contribution < 1.29 is 21.6 Å². The van der Waals surface area contributed by atoms with Crippen molar-refractivity contribution in [1.29, 1.82) is 0 Å². The van der Waals surface area contributed by atoms with Gasteiger partial charge in [-0.25, -0.2) is 4.98 Å². The Labute approximate surface area is 116 Å². The maximum Gasteiger partial charge on any atom is 0.418 e. The molecule has 0 unspecified atom stereocenters. The van der Waals surface area contributed by atoms with Crippen LogP contribution in [0.3, 0.4) is 0 Å². The van der Waals surface area contributed by atoms with E-state index in [4.69, 9.17) is 11.6 Å². The molecule has 0 atom stereocenters. The quantitative estimate of drug-likeness (QED) is 0.911. The molecule has 0 saturated heterocycles. The van der Waals surface area contributed by atoms with Gasteiger partial charge in [0, 0.05) is 5.02 Å². The molecule has 0 spiro atoms. The van der Waals surface area contributed by atoms with Gasteiger partial charge in [0.2, 0.25) is 0 Å². The number of nitrogens with zero attached hydrogens (tertiary/aromatic N) is 1. The topological polar surface area (TPSA) is 74.8 Å². The van der Waals surface area contributed by atoms with E-state index in [-0.39, 0.29) is 10.0 Å². The van der Waals surface area contributed by atoms with Crippen LogP contribution in [0.5, 0.6) is 0 Å². The minimum absolute atomic E-state index is 0.151. The summed E-state index contributed by atoms with van der Waals surface area (Å²) in [5.74, 6) is 0. The van der Waals surface area contributed by atoms with Crippen LogP contribution in [0, 0.1) is 0 Å². The van der Waals surface area contributed by atoms with Crippen molar-refractivity contribution in [2.24, 2.45) is 0 Å². The van der Waals surface area contributed by atoms with Gasteiger partial charge in [0.25, 0.3) is 10.0 Å². The van der Waals surface area contributed by atoms with Gasteiger partial charge in [-0.3, -0.25) is 4.72 Å². The summed E-state index contributed by atoms with van der Waals surface area (Å²) >= 11 is 5.50. The first kappa shape index (κ1) is 14.7. The molecule has 0 bridgehead atoms. The van der Waals surface area contributed by atoms with Crippen molar-refractivity contribution in [3.8, 4) is 0 Å². The van der Waals surface area contributed by atoms with Crippen LogP contribution >= 0.6 is 11.6 Å². The number of anilines is 1. The van der Waals surface area contributed by atoms with E-state index in [2.05, 4.69) is 9.97 Å². The largest absolute Gasteiger partial charge is 0.418 e. The molecule has 2 rings (SSSR count). The van der Waals surface area contributed by atoms with E-state index in [9.17, 15) is 21.6 Å². The highest BCUT2D eigenvalue weighted by Gasteiger charge is 2.35. The highest BCUT2D eigenvalue weighted by molar-refractivity contribution is 7.92.